The molecule has 14 heavy (non-hydrogen) atoms. The Morgan fingerprint density at radius 3 is 2.57 bits per heavy atom. The van der Waals surface area contributed by atoms with Gasteiger partial charge < -0.3 is 0 Å². The van der Waals surface area contributed by atoms with Gasteiger partial charge in [0.15, 0.2) is 0 Å². The van der Waals surface area contributed by atoms with E-state index in [0.29, 0.717) is 6.42 Å². The van der Waals surface area contributed by atoms with Gasteiger partial charge in [-0.15, -0.1) is 0 Å². The Bertz CT molecular complexity index is 428. The van der Waals surface area contributed by atoms with E-state index in [4.69, 9.17) is 10.7 Å². The summed E-state index contributed by atoms with van der Waals surface area (Å²) in [5.41, 5.74) is 1.54. The summed E-state index contributed by atoms with van der Waals surface area (Å²) in [4.78, 5) is 0. The third kappa shape index (κ3) is 3.64. The summed E-state index contributed by atoms with van der Waals surface area (Å²) in [7, 11) is 1.59. The molecular formula is C9H10ClFO2S. The molecule has 0 N–H and O–H groups in total. The number of rotatable bonds is 3. The van der Waals surface area contributed by atoms with Crippen LogP contribution >= 0.6 is 10.7 Å². The van der Waals surface area contributed by atoms with Gasteiger partial charge >= 0.3 is 0 Å². The minimum Gasteiger partial charge on any atom is -0.212 e. The molecule has 1 rings (SSSR count). The van der Waals surface area contributed by atoms with Gasteiger partial charge in [0.25, 0.3) is 0 Å². The molecule has 0 spiro atoms. The highest BCUT2D eigenvalue weighted by atomic mass is 35.7. The van der Waals surface area contributed by atoms with Crippen molar-refractivity contribution in [3.8, 4) is 0 Å². The first-order valence-corrected chi connectivity index (χ1v) is 6.54. The second kappa shape index (κ2) is 4.28. The van der Waals surface area contributed by atoms with Crippen LogP contribution in [0.1, 0.15) is 11.1 Å². The van der Waals surface area contributed by atoms with Crippen molar-refractivity contribution < 1.29 is 12.8 Å². The smallest absolute Gasteiger partial charge is 0.212 e. The Balaban J connectivity index is 2.78. The van der Waals surface area contributed by atoms with Gasteiger partial charge in [0.1, 0.15) is 5.82 Å². The zero-order chi connectivity index (χ0) is 10.8. The zero-order valence-electron chi connectivity index (χ0n) is 7.63. The molecule has 1 aromatic carbocycles. The van der Waals surface area contributed by atoms with Gasteiger partial charge in [0.05, 0.1) is 5.75 Å². The highest BCUT2D eigenvalue weighted by molar-refractivity contribution is 8.13. The van der Waals surface area contributed by atoms with Crippen LogP contribution in [-0.4, -0.2) is 14.2 Å². The average Bonchev–Trinajstić information content (AvgIpc) is 2.00. The fourth-order valence-electron chi connectivity index (χ4n) is 1.17. The standard InChI is InChI=1S/C9H10ClFO2S/c1-7-6-9(11)3-2-8(7)4-5-14(10,12)13/h2-3,6H,4-5H2,1H3. The van der Waals surface area contributed by atoms with Crippen molar-refractivity contribution in [3.63, 3.8) is 0 Å². The number of hydrogen-bond donors (Lipinski definition) is 0. The molecule has 0 aliphatic carbocycles. The third-order valence-electron chi connectivity index (χ3n) is 1.92. The van der Waals surface area contributed by atoms with Crippen molar-refractivity contribution in [2.45, 2.75) is 13.3 Å². The van der Waals surface area contributed by atoms with Crippen LogP contribution < -0.4 is 0 Å². The minimum atomic E-state index is -3.47. The van der Waals surface area contributed by atoms with Crippen molar-refractivity contribution in [3.05, 3.63) is 35.1 Å². The molecule has 0 amide bonds. The monoisotopic (exact) mass is 236 g/mol. The first-order valence-electron chi connectivity index (χ1n) is 4.06. The van der Waals surface area contributed by atoms with Gasteiger partial charge in [-0.2, -0.15) is 0 Å². The van der Waals surface area contributed by atoms with Crippen LogP contribution in [0.4, 0.5) is 4.39 Å². The van der Waals surface area contributed by atoms with Gasteiger partial charge in [-0.1, -0.05) is 6.07 Å². The fourth-order valence-corrected chi connectivity index (χ4v) is 1.87. The van der Waals surface area contributed by atoms with Crippen LogP contribution in [0.3, 0.4) is 0 Å². The maximum Gasteiger partial charge on any atom is 0.232 e. The Hall–Kier alpha value is -0.610. The molecule has 0 aliphatic heterocycles. The van der Waals surface area contributed by atoms with Crippen molar-refractivity contribution in [1.82, 2.24) is 0 Å². The Kier molecular flexibility index (Phi) is 3.50. The van der Waals surface area contributed by atoms with E-state index in [1.165, 1.54) is 12.1 Å². The van der Waals surface area contributed by atoms with E-state index in [1.54, 1.807) is 13.0 Å². The summed E-state index contributed by atoms with van der Waals surface area (Å²) in [6.45, 7) is 1.74. The first-order chi connectivity index (χ1) is 6.38. The summed E-state index contributed by atoms with van der Waals surface area (Å²) >= 11 is 0. The van der Waals surface area contributed by atoms with E-state index in [9.17, 15) is 12.8 Å². The van der Waals surface area contributed by atoms with Crippen LogP contribution in [0.5, 0.6) is 0 Å². The lowest BCUT2D eigenvalue weighted by atomic mass is 10.1. The van der Waals surface area contributed by atoms with Gasteiger partial charge in [-0.05, 0) is 36.6 Å². The van der Waals surface area contributed by atoms with Crippen LogP contribution in [0.2, 0.25) is 0 Å². The molecule has 0 bridgehead atoms. The molecule has 0 saturated heterocycles. The maximum atomic E-state index is 12.7. The molecule has 0 unspecified atom stereocenters. The van der Waals surface area contributed by atoms with E-state index >= 15 is 0 Å². The largest absolute Gasteiger partial charge is 0.232 e. The quantitative estimate of drug-likeness (QED) is 0.755. The van der Waals surface area contributed by atoms with Crippen molar-refractivity contribution >= 4 is 19.7 Å². The molecule has 0 heterocycles. The van der Waals surface area contributed by atoms with E-state index < -0.39 is 9.05 Å². The van der Waals surface area contributed by atoms with Crippen LogP contribution in [-0.2, 0) is 15.5 Å². The van der Waals surface area contributed by atoms with Gasteiger partial charge in [0.2, 0.25) is 9.05 Å². The normalized spacial score (nSPS) is 11.6. The highest BCUT2D eigenvalue weighted by Gasteiger charge is 2.07. The summed E-state index contributed by atoms with van der Waals surface area (Å²) in [5, 5.41) is 0. The molecule has 0 aromatic heterocycles. The molecule has 0 saturated carbocycles. The van der Waals surface area contributed by atoms with E-state index in [2.05, 4.69) is 0 Å². The Morgan fingerprint density at radius 1 is 1.43 bits per heavy atom. The molecule has 2 nitrogen and oxygen atoms in total. The van der Waals surface area contributed by atoms with Crippen LogP contribution in [0, 0.1) is 12.7 Å². The Morgan fingerprint density at radius 2 is 2.07 bits per heavy atom. The lowest BCUT2D eigenvalue weighted by Gasteiger charge is -2.03. The summed E-state index contributed by atoms with van der Waals surface area (Å²) in [6.07, 6.45) is 0.317. The average molecular weight is 237 g/mol. The summed E-state index contributed by atoms with van der Waals surface area (Å²) in [6, 6.07) is 4.26. The lowest BCUT2D eigenvalue weighted by Crippen LogP contribution is -2.02. The Labute approximate surface area is 87.1 Å². The summed E-state index contributed by atoms with van der Waals surface area (Å²) in [5.74, 6) is -0.443. The zero-order valence-corrected chi connectivity index (χ0v) is 9.20. The molecule has 0 aliphatic rings. The predicted molar refractivity (Wildman–Crippen MR) is 54.5 cm³/mol. The molecule has 78 valence electrons. The van der Waals surface area contributed by atoms with Crippen molar-refractivity contribution in [2.75, 3.05) is 5.75 Å². The maximum absolute atomic E-state index is 12.7. The number of aryl methyl sites for hydroxylation is 2. The van der Waals surface area contributed by atoms with Gasteiger partial charge in [-0.3, -0.25) is 0 Å². The second-order valence-electron chi connectivity index (χ2n) is 3.06. The first kappa shape index (κ1) is 11.5. The fraction of sp³-hybridized carbons (Fsp3) is 0.333. The van der Waals surface area contributed by atoms with Gasteiger partial charge in [-0.25, -0.2) is 12.8 Å². The van der Waals surface area contributed by atoms with E-state index in [1.807, 2.05) is 0 Å². The minimum absolute atomic E-state index is 0.124. The van der Waals surface area contributed by atoms with Gasteiger partial charge in [0, 0.05) is 10.7 Å². The molecule has 1 aromatic rings. The molecule has 0 fully saturated rings. The van der Waals surface area contributed by atoms with E-state index in [0.717, 1.165) is 11.1 Å². The van der Waals surface area contributed by atoms with Crippen molar-refractivity contribution in [1.29, 1.82) is 0 Å². The molecular weight excluding hydrogens is 227 g/mol. The lowest BCUT2D eigenvalue weighted by molar-refractivity contribution is 0.608. The molecule has 5 heteroatoms. The second-order valence-corrected chi connectivity index (χ2v) is 5.96. The predicted octanol–water partition coefficient (Wildman–Crippen LogP) is 2.25. The van der Waals surface area contributed by atoms with Crippen LogP contribution in [0.25, 0.3) is 0 Å². The topological polar surface area (TPSA) is 34.1 Å². The third-order valence-corrected chi connectivity index (χ3v) is 3.07. The van der Waals surface area contributed by atoms with Crippen LogP contribution in [0.15, 0.2) is 18.2 Å². The number of benzene rings is 1. The number of halogens is 2. The van der Waals surface area contributed by atoms with E-state index in [-0.39, 0.29) is 11.6 Å². The SMILES string of the molecule is Cc1cc(F)ccc1CCS(=O)(=O)Cl. The molecule has 0 radical (unpaired) electrons. The van der Waals surface area contributed by atoms with Crippen molar-refractivity contribution in [2.24, 2.45) is 0 Å². The summed E-state index contributed by atoms with van der Waals surface area (Å²) < 4.78 is 34.0. The highest BCUT2D eigenvalue weighted by Crippen LogP contribution is 2.12. The molecule has 0 atom stereocenters. The number of hydrogen-bond acceptors (Lipinski definition) is 2.